The van der Waals surface area contributed by atoms with E-state index in [4.69, 9.17) is 4.84 Å². The van der Waals surface area contributed by atoms with Crippen LogP contribution in [-0.4, -0.2) is 71.1 Å². The van der Waals surface area contributed by atoms with E-state index >= 15 is 0 Å². The lowest BCUT2D eigenvalue weighted by Crippen LogP contribution is -2.53. The molecule has 3 N–H and O–H groups in total. The SMILES string of the molecule is CCC[C@H](NC(=O)[C@@H]1CC2(CC(C(=O)NCC)=NO2)CN1C(=O)C(C)C(C)(C)C)C(C)C(=O)NC1CC1. The third kappa shape index (κ3) is 6.82. The molecule has 0 aromatic heterocycles. The molecule has 0 bridgehead atoms. The number of amides is 4. The van der Waals surface area contributed by atoms with Crippen LogP contribution in [0.5, 0.6) is 0 Å². The Balaban J connectivity index is 1.80. The average Bonchev–Trinajstić information content (AvgIpc) is 3.43. The normalized spacial score (nSPS) is 25.6. The summed E-state index contributed by atoms with van der Waals surface area (Å²) in [5.41, 5.74) is -0.952. The van der Waals surface area contributed by atoms with Gasteiger partial charge >= 0.3 is 0 Å². The lowest BCUT2D eigenvalue weighted by atomic mass is 9.81. The van der Waals surface area contributed by atoms with Crippen LogP contribution in [0.1, 0.15) is 87.0 Å². The van der Waals surface area contributed by atoms with Gasteiger partial charge in [0.15, 0.2) is 5.60 Å². The molecular formula is C27H45N5O5. The van der Waals surface area contributed by atoms with E-state index in [2.05, 4.69) is 21.1 Å². The van der Waals surface area contributed by atoms with Crippen LogP contribution in [0.3, 0.4) is 0 Å². The lowest BCUT2D eigenvalue weighted by Gasteiger charge is -2.33. The van der Waals surface area contributed by atoms with Gasteiger partial charge in [-0.3, -0.25) is 19.2 Å². The van der Waals surface area contributed by atoms with E-state index in [0.717, 1.165) is 19.3 Å². The minimum Gasteiger partial charge on any atom is -0.386 e. The van der Waals surface area contributed by atoms with Crippen LogP contribution >= 0.6 is 0 Å². The van der Waals surface area contributed by atoms with Gasteiger partial charge in [-0.05, 0) is 31.6 Å². The van der Waals surface area contributed by atoms with Crippen LogP contribution in [0.4, 0.5) is 0 Å². The molecule has 3 rings (SSSR count). The van der Waals surface area contributed by atoms with Gasteiger partial charge in [-0.15, -0.1) is 0 Å². The van der Waals surface area contributed by atoms with E-state index in [9.17, 15) is 19.2 Å². The van der Waals surface area contributed by atoms with Gasteiger partial charge < -0.3 is 25.7 Å². The van der Waals surface area contributed by atoms with Crippen molar-refractivity contribution in [3.63, 3.8) is 0 Å². The Morgan fingerprint density at radius 1 is 1.16 bits per heavy atom. The zero-order valence-corrected chi connectivity index (χ0v) is 23.5. The summed E-state index contributed by atoms with van der Waals surface area (Å²) >= 11 is 0. The van der Waals surface area contributed by atoms with Crippen LogP contribution in [-0.2, 0) is 24.0 Å². The maximum Gasteiger partial charge on any atom is 0.269 e. The summed E-state index contributed by atoms with van der Waals surface area (Å²) in [6.45, 7) is 14.2. The molecule has 4 amide bonds. The molecular weight excluding hydrogens is 474 g/mol. The van der Waals surface area contributed by atoms with Gasteiger partial charge in [0.25, 0.3) is 5.91 Å². The summed E-state index contributed by atoms with van der Waals surface area (Å²) in [5.74, 6) is -1.52. The number of rotatable bonds is 10. The Kier molecular flexibility index (Phi) is 8.90. The molecule has 3 unspecified atom stereocenters. The molecule has 0 radical (unpaired) electrons. The Labute approximate surface area is 220 Å². The van der Waals surface area contributed by atoms with Gasteiger partial charge in [-0.2, -0.15) is 0 Å². The third-order valence-corrected chi connectivity index (χ3v) is 7.96. The topological polar surface area (TPSA) is 129 Å². The largest absolute Gasteiger partial charge is 0.386 e. The van der Waals surface area contributed by atoms with E-state index in [1.165, 1.54) is 0 Å². The molecule has 5 atom stereocenters. The van der Waals surface area contributed by atoms with Gasteiger partial charge in [0.2, 0.25) is 17.7 Å². The Morgan fingerprint density at radius 3 is 2.41 bits per heavy atom. The molecule has 1 aliphatic carbocycles. The monoisotopic (exact) mass is 519 g/mol. The van der Waals surface area contributed by atoms with Crippen molar-refractivity contribution in [3.05, 3.63) is 0 Å². The van der Waals surface area contributed by atoms with Crippen molar-refractivity contribution in [2.45, 2.75) is 111 Å². The van der Waals surface area contributed by atoms with Crippen molar-refractivity contribution in [1.29, 1.82) is 0 Å². The summed E-state index contributed by atoms with van der Waals surface area (Å²) in [6.07, 6.45) is 3.91. The number of carbonyl (C=O) groups is 4. The van der Waals surface area contributed by atoms with Crippen molar-refractivity contribution >= 4 is 29.3 Å². The Hall–Kier alpha value is -2.65. The number of hydrogen-bond donors (Lipinski definition) is 3. The van der Waals surface area contributed by atoms with Crippen molar-refractivity contribution in [2.75, 3.05) is 13.1 Å². The molecule has 1 spiro atoms. The minimum absolute atomic E-state index is 0.0578. The maximum atomic E-state index is 13.7. The first kappa shape index (κ1) is 28.9. The third-order valence-electron chi connectivity index (χ3n) is 7.96. The first-order valence-electron chi connectivity index (χ1n) is 13.8. The second-order valence-electron chi connectivity index (χ2n) is 12.1. The second-order valence-corrected chi connectivity index (χ2v) is 12.1. The molecule has 2 heterocycles. The molecule has 0 aromatic carbocycles. The summed E-state index contributed by atoms with van der Waals surface area (Å²) in [4.78, 5) is 59.9. The molecule has 10 nitrogen and oxygen atoms in total. The number of oxime groups is 1. The molecule has 208 valence electrons. The van der Waals surface area contributed by atoms with Crippen molar-refractivity contribution < 1.29 is 24.0 Å². The van der Waals surface area contributed by atoms with E-state index in [-0.39, 0.29) is 72.1 Å². The zero-order chi connectivity index (χ0) is 27.5. The molecule has 1 saturated heterocycles. The van der Waals surface area contributed by atoms with Crippen LogP contribution in [0, 0.1) is 17.3 Å². The minimum atomic E-state index is -0.926. The second kappa shape index (κ2) is 11.4. The van der Waals surface area contributed by atoms with E-state index in [1.54, 1.807) is 4.90 Å². The van der Waals surface area contributed by atoms with Gasteiger partial charge in [-0.25, -0.2) is 0 Å². The highest BCUT2D eigenvalue weighted by Gasteiger charge is 2.55. The fourth-order valence-corrected chi connectivity index (χ4v) is 4.91. The smallest absolute Gasteiger partial charge is 0.269 e. The zero-order valence-electron chi connectivity index (χ0n) is 23.5. The number of hydrogen-bond acceptors (Lipinski definition) is 6. The average molecular weight is 520 g/mol. The summed E-state index contributed by atoms with van der Waals surface area (Å²) in [5, 5.41) is 12.9. The highest BCUT2D eigenvalue weighted by molar-refractivity contribution is 6.39. The van der Waals surface area contributed by atoms with Crippen molar-refractivity contribution in [2.24, 2.45) is 22.4 Å². The Morgan fingerprint density at radius 2 is 1.84 bits per heavy atom. The highest BCUT2D eigenvalue weighted by Crippen LogP contribution is 2.40. The van der Waals surface area contributed by atoms with Gasteiger partial charge in [0.1, 0.15) is 11.8 Å². The van der Waals surface area contributed by atoms with Crippen LogP contribution in [0.25, 0.3) is 0 Å². The summed E-state index contributed by atoms with van der Waals surface area (Å²) < 4.78 is 0. The molecule has 1 saturated carbocycles. The highest BCUT2D eigenvalue weighted by atomic mass is 16.7. The predicted octanol–water partition coefficient (Wildman–Crippen LogP) is 2.12. The van der Waals surface area contributed by atoms with E-state index in [0.29, 0.717) is 13.0 Å². The van der Waals surface area contributed by atoms with Gasteiger partial charge in [0, 0.05) is 37.4 Å². The van der Waals surface area contributed by atoms with Crippen LogP contribution < -0.4 is 16.0 Å². The number of likely N-dealkylation sites (tertiary alicyclic amines) is 1. The van der Waals surface area contributed by atoms with Crippen LogP contribution in [0.15, 0.2) is 5.16 Å². The van der Waals surface area contributed by atoms with E-state index < -0.39 is 17.6 Å². The maximum absolute atomic E-state index is 13.7. The quantitative estimate of drug-likeness (QED) is 0.407. The first-order chi connectivity index (χ1) is 17.3. The number of nitrogens with one attached hydrogen (secondary N) is 3. The number of carbonyl (C=O) groups excluding carboxylic acids is 4. The molecule has 37 heavy (non-hydrogen) atoms. The summed E-state index contributed by atoms with van der Waals surface area (Å²) in [7, 11) is 0. The lowest BCUT2D eigenvalue weighted by molar-refractivity contribution is -0.144. The fourth-order valence-electron chi connectivity index (χ4n) is 4.91. The van der Waals surface area contributed by atoms with Crippen molar-refractivity contribution in [3.8, 4) is 0 Å². The molecule has 2 fully saturated rings. The number of nitrogens with zero attached hydrogens (tertiary/aromatic N) is 2. The predicted molar refractivity (Wildman–Crippen MR) is 140 cm³/mol. The standard InChI is InChI=1S/C27H45N5O5/c1-8-10-19(16(3)22(33)29-18-11-12-18)30-24(35)21-14-27(13-20(31-37-27)23(34)28-9-2)15-32(21)25(36)17(4)26(5,6)7/h16-19,21H,8-15H2,1-7H3,(H,28,34)(H,29,33)(H,30,35)/t16?,17?,19-,21-,27?/m0/s1. The molecule has 2 aliphatic heterocycles. The van der Waals surface area contributed by atoms with Crippen molar-refractivity contribution in [1.82, 2.24) is 20.9 Å². The Bertz CT molecular complexity index is 925. The first-order valence-corrected chi connectivity index (χ1v) is 13.8. The molecule has 3 aliphatic rings. The summed E-state index contributed by atoms with van der Waals surface area (Å²) in [6, 6.07) is -0.885. The molecule has 10 heteroatoms. The molecule has 0 aromatic rings. The van der Waals surface area contributed by atoms with Gasteiger partial charge in [-0.1, -0.05) is 53.1 Å². The fraction of sp³-hybridized carbons (Fsp3) is 0.815. The van der Waals surface area contributed by atoms with Gasteiger partial charge in [0.05, 0.1) is 12.5 Å². The van der Waals surface area contributed by atoms with E-state index in [1.807, 2.05) is 48.5 Å². The van der Waals surface area contributed by atoms with Crippen LogP contribution in [0.2, 0.25) is 0 Å².